The number of hydrogen-bond acceptors (Lipinski definition) is 2. The van der Waals surface area contributed by atoms with Gasteiger partial charge >= 0.3 is 0 Å². The maximum atomic E-state index is 10.5. The van der Waals surface area contributed by atoms with Crippen molar-refractivity contribution >= 4 is 5.91 Å². The molecule has 1 amide bonds. The topological polar surface area (TPSA) is 55.1 Å². The van der Waals surface area contributed by atoms with E-state index in [1.807, 2.05) is 0 Å². The second-order valence-electron chi connectivity index (χ2n) is 2.74. The average Bonchev–Trinajstić information content (AvgIpc) is 1.99. The van der Waals surface area contributed by atoms with Crippen molar-refractivity contribution in [2.45, 2.75) is 20.3 Å². The molecule has 0 spiro atoms. The minimum atomic E-state index is -0.478. The van der Waals surface area contributed by atoms with Crippen molar-refractivity contribution in [2.24, 2.45) is 11.7 Å². The summed E-state index contributed by atoms with van der Waals surface area (Å²) in [6.45, 7) is 8.43. The molecule has 0 radical (unpaired) electrons. The zero-order valence-corrected chi connectivity index (χ0v) is 7.18. The minimum absolute atomic E-state index is 0.297. The third-order valence-corrected chi connectivity index (χ3v) is 1.66. The summed E-state index contributed by atoms with van der Waals surface area (Å²) in [5, 5.41) is 2.86. The average molecular weight is 156 g/mol. The van der Waals surface area contributed by atoms with Gasteiger partial charge in [0.05, 0.1) is 5.70 Å². The molecule has 0 saturated heterocycles. The van der Waals surface area contributed by atoms with Crippen LogP contribution >= 0.6 is 0 Å². The third kappa shape index (κ3) is 4.42. The van der Waals surface area contributed by atoms with E-state index < -0.39 is 5.91 Å². The molecule has 3 N–H and O–H groups in total. The molecule has 0 aromatic heterocycles. The zero-order chi connectivity index (χ0) is 8.85. The molecule has 0 fully saturated rings. The minimum Gasteiger partial charge on any atom is -0.381 e. The quantitative estimate of drug-likeness (QED) is 0.573. The normalized spacial score (nSPS) is 12.2. The largest absolute Gasteiger partial charge is 0.381 e. The van der Waals surface area contributed by atoms with Crippen LogP contribution in [0.3, 0.4) is 0 Å². The van der Waals surface area contributed by atoms with Crippen molar-refractivity contribution in [2.75, 3.05) is 6.54 Å². The van der Waals surface area contributed by atoms with Crippen LogP contribution in [-0.4, -0.2) is 12.5 Å². The van der Waals surface area contributed by atoms with Gasteiger partial charge in [-0.3, -0.25) is 4.79 Å². The van der Waals surface area contributed by atoms with Gasteiger partial charge < -0.3 is 11.1 Å². The molecule has 0 aliphatic heterocycles. The van der Waals surface area contributed by atoms with Crippen LogP contribution in [0.5, 0.6) is 0 Å². The van der Waals surface area contributed by atoms with Gasteiger partial charge in [-0.1, -0.05) is 26.8 Å². The molecule has 0 aromatic rings. The summed E-state index contributed by atoms with van der Waals surface area (Å²) < 4.78 is 0. The first-order chi connectivity index (χ1) is 5.07. The van der Waals surface area contributed by atoms with Gasteiger partial charge in [0.1, 0.15) is 0 Å². The molecule has 0 unspecified atom stereocenters. The predicted molar refractivity (Wildman–Crippen MR) is 45.8 cm³/mol. The summed E-state index contributed by atoms with van der Waals surface area (Å²) in [6.07, 6.45) is 1.08. The van der Waals surface area contributed by atoms with Gasteiger partial charge in [0.2, 0.25) is 0 Å². The smallest absolute Gasteiger partial charge is 0.264 e. The molecule has 0 rings (SSSR count). The van der Waals surface area contributed by atoms with E-state index in [-0.39, 0.29) is 0 Å². The summed E-state index contributed by atoms with van der Waals surface area (Å²) in [4.78, 5) is 10.5. The van der Waals surface area contributed by atoms with Crippen LogP contribution in [0.25, 0.3) is 0 Å². The Kier molecular flexibility index (Phi) is 4.34. The summed E-state index contributed by atoms with van der Waals surface area (Å²) in [5.74, 6) is 0.0689. The molecule has 11 heavy (non-hydrogen) atoms. The number of carbonyl (C=O) groups excluding carboxylic acids is 1. The van der Waals surface area contributed by atoms with E-state index in [4.69, 9.17) is 5.73 Å². The number of rotatable bonds is 5. The SMILES string of the molecule is C=C(NC[C@H](C)CC)C(N)=O. The highest BCUT2D eigenvalue weighted by Crippen LogP contribution is 1.98. The Morgan fingerprint density at radius 1 is 1.73 bits per heavy atom. The lowest BCUT2D eigenvalue weighted by Gasteiger charge is -2.10. The molecular formula is C8H16N2O. The number of primary amides is 1. The van der Waals surface area contributed by atoms with Gasteiger partial charge in [-0.2, -0.15) is 0 Å². The monoisotopic (exact) mass is 156 g/mol. The standard InChI is InChI=1S/C8H16N2O/c1-4-6(2)5-10-7(3)8(9)11/h6,10H,3-5H2,1-2H3,(H2,9,11)/t6-/m1/s1. The van der Waals surface area contributed by atoms with Crippen molar-refractivity contribution in [3.05, 3.63) is 12.3 Å². The van der Waals surface area contributed by atoms with E-state index in [1.165, 1.54) is 0 Å². The molecule has 0 aliphatic carbocycles. The highest BCUT2D eigenvalue weighted by atomic mass is 16.1. The molecule has 0 saturated carbocycles. The predicted octanol–water partition coefficient (Wildman–Crippen LogP) is 0.621. The lowest BCUT2D eigenvalue weighted by molar-refractivity contribution is -0.114. The second kappa shape index (κ2) is 4.77. The first-order valence-corrected chi connectivity index (χ1v) is 3.80. The Bertz CT molecular complexity index is 154. The summed E-state index contributed by atoms with van der Waals surface area (Å²) >= 11 is 0. The van der Waals surface area contributed by atoms with Crippen LogP contribution in [0.1, 0.15) is 20.3 Å². The summed E-state index contributed by atoms with van der Waals surface area (Å²) in [7, 11) is 0. The molecule has 0 aromatic carbocycles. The molecule has 1 atom stereocenters. The third-order valence-electron chi connectivity index (χ3n) is 1.66. The number of nitrogens with one attached hydrogen (secondary N) is 1. The van der Waals surface area contributed by atoms with E-state index in [1.54, 1.807) is 0 Å². The Morgan fingerprint density at radius 2 is 2.27 bits per heavy atom. The zero-order valence-electron chi connectivity index (χ0n) is 7.18. The van der Waals surface area contributed by atoms with Crippen molar-refractivity contribution in [1.82, 2.24) is 5.32 Å². The van der Waals surface area contributed by atoms with Crippen LogP contribution in [0.4, 0.5) is 0 Å². The second-order valence-corrected chi connectivity index (χ2v) is 2.74. The maximum Gasteiger partial charge on any atom is 0.264 e. The van der Waals surface area contributed by atoms with E-state index >= 15 is 0 Å². The summed E-state index contributed by atoms with van der Waals surface area (Å²) in [5.41, 5.74) is 5.26. The fourth-order valence-electron chi connectivity index (χ4n) is 0.529. The van der Waals surface area contributed by atoms with Gasteiger partial charge in [-0.05, 0) is 5.92 Å². The number of nitrogens with two attached hydrogens (primary N) is 1. The van der Waals surface area contributed by atoms with Crippen molar-refractivity contribution in [3.63, 3.8) is 0 Å². The molecule has 3 nitrogen and oxygen atoms in total. The Balaban J connectivity index is 3.54. The number of hydrogen-bond donors (Lipinski definition) is 2. The van der Waals surface area contributed by atoms with Crippen LogP contribution in [-0.2, 0) is 4.79 Å². The lowest BCUT2D eigenvalue weighted by atomic mass is 10.1. The molecule has 64 valence electrons. The Hall–Kier alpha value is -0.990. The van der Waals surface area contributed by atoms with Crippen molar-refractivity contribution < 1.29 is 4.79 Å². The van der Waals surface area contributed by atoms with Crippen LogP contribution in [0.2, 0.25) is 0 Å². The first-order valence-electron chi connectivity index (χ1n) is 3.80. The van der Waals surface area contributed by atoms with E-state index in [2.05, 4.69) is 25.7 Å². The maximum absolute atomic E-state index is 10.5. The van der Waals surface area contributed by atoms with Gasteiger partial charge in [0.15, 0.2) is 0 Å². The highest BCUT2D eigenvalue weighted by Gasteiger charge is 2.02. The van der Waals surface area contributed by atoms with E-state index in [9.17, 15) is 4.79 Å². The van der Waals surface area contributed by atoms with Crippen LogP contribution in [0.15, 0.2) is 12.3 Å². The van der Waals surface area contributed by atoms with E-state index in [0.717, 1.165) is 13.0 Å². The van der Waals surface area contributed by atoms with Crippen LogP contribution in [0, 0.1) is 5.92 Å². The molecule has 0 bridgehead atoms. The van der Waals surface area contributed by atoms with Crippen molar-refractivity contribution in [3.8, 4) is 0 Å². The molecule has 0 aliphatic rings. The fourth-order valence-corrected chi connectivity index (χ4v) is 0.529. The van der Waals surface area contributed by atoms with E-state index in [0.29, 0.717) is 11.6 Å². The van der Waals surface area contributed by atoms with Crippen molar-refractivity contribution in [1.29, 1.82) is 0 Å². The molecule has 3 heteroatoms. The highest BCUT2D eigenvalue weighted by molar-refractivity contribution is 5.90. The first kappa shape index (κ1) is 10.0. The number of carbonyl (C=O) groups is 1. The molecule has 0 heterocycles. The summed E-state index contributed by atoms with van der Waals surface area (Å²) in [6, 6.07) is 0. The fraction of sp³-hybridized carbons (Fsp3) is 0.625. The number of amides is 1. The van der Waals surface area contributed by atoms with Gasteiger partial charge in [0.25, 0.3) is 5.91 Å². The molecular weight excluding hydrogens is 140 g/mol. The van der Waals surface area contributed by atoms with Gasteiger partial charge in [-0.15, -0.1) is 0 Å². The Labute approximate surface area is 67.7 Å². The lowest BCUT2D eigenvalue weighted by Crippen LogP contribution is -2.28. The van der Waals surface area contributed by atoms with Gasteiger partial charge in [-0.25, -0.2) is 0 Å². The van der Waals surface area contributed by atoms with Crippen LogP contribution < -0.4 is 11.1 Å². The van der Waals surface area contributed by atoms with Gasteiger partial charge in [0, 0.05) is 6.54 Å². The Morgan fingerprint density at radius 3 is 2.64 bits per heavy atom.